The molecule has 1 heterocycles. The summed E-state index contributed by atoms with van der Waals surface area (Å²) < 4.78 is 0. The number of aryl methyl sites for hydroxylation is 1. The minimum Gasteiger partial charge on any atom is -0.242 e. The highest BCUT2D eigenvalue weighted by atomic mass is 32.1. The molecule has 0 bridgehead atoms. The van der Waals surface area contributed by atoms with Crippen LogP contribution in [0.15, 0.2) is 18.2 Å². The van der Waals surface area contributed by atoms with Gasteiger partial charge >= 0.3 is 0 Å². The largest absolute Gasteiger partial charge is 0.242 e. The van der Waals surface area contributed by atoms with Gasteiger partial charge in [-0.3, -0.25) is 0 Å². The Labute approximate surface area is 76.5 Å². The van der Waals surface area contributed by atoms with Crippen molar-refractivity contribution in [2.75, 3.05) is 0 Å². The van der Waals surface area contributed by atoms with Crippen molar-refractivity contribution < 1.29 is 0 Å². The van der Waals surface area contributed by atoms with Crippen molar-refractivity contribution in [1.29, 1.82) is 0 Å². The van der Waals surface area contributed by atoms with E-state index in [1.165, 1.54) is 4.88 Å². The van der Waals surface area contributed by atoms with Gasteiger partial charge in [-0.05, 0) is 13.0 Å². The molecule has 0 aliphatic heterocycles. The van der Waals surface area contributed by atoms with Gasteiger partial charge in [0.2, 0.25) is 0 Å². The first kappa shape index (κ1) is 7.74. The lowest BCUT2D eigenvalue weighted by Gasteiger charge is -2.00. The first-order valence-electron chi connectivity index (χ1n) is 4.09. The summed E-state index contributed by atoms with van der Waals surface area (Å²) >= 11 is 1.80. The van der Waals surface area contributed by atoms with Crippen LogP contribution in [0.2, 0.25) is 0 Å². The molecule has 0 amide bonds. The van der Waals surface area contributed by atoms with E-state index in [2.05, 4.69) is 43.1 Å². The lowest BCUT2D eigenvalue weighted by atomic mass is 10.1. The van der Waals surface area contributed by atoms with Gasteiger partial charge in [-0.2, -0.15) is 0 Å². The van der Waals surface area contributed by atoms with Crippen LogP contribution in [0.4, 0.5) is 0 Å². The lowest BCUT2D eigenvalue weighted by Crippen LogP contribution is -1.85. The van der Waals surface area contributed by atoms with Crippen LogP contribution >= 0.6 is 11.3 Å². The Kier molecular flexibility index (Phi) is 1.85. The van der Waals surface area contributed by atoms with E-state index in [-0.39, 0.29) is 0 Å². The number of nitrogens with zero attached hydrogens (tertiary/aromatic N) is 1. The third kappa shape index (κ3) is 1.23. The third-order valence-corrected chi connectivity index (χ3v) is 3.15. The summed E-state index contributed by atoms with van der Waals surface area (Å²) in [6.07, 6.45) is 8.44. The van der Waals surface area contributed by atoms with Gasteiger partial charge in [-0.15, -0.1) is 11.3 Å². The highest BCUT2D eigenvalue weighted by Crippen LogP contribution is 2.29. The second kappa shape index (κ2) is 2.87. The maximum absolute atomic E-state index is 4.45. The summed E-state index contributed by atoms with van der Waals surface area (Å²) in [4.78, 5) is 5.84. The molecule has 1 atom stereocenters. The first-order chi connectivity index (χ1) is 5.77. The monoisotopic (exact) mass is 177 g/mol. The second-order valence-corrected chi connectivity index (χ2v) is 4.25. The predicted octanol–water partition coefficient (Wildman–Crippen LogP) is 3.14. The van der Waals surface area contributed by atoms with E-state index in [1.54, 1.807) is 11.3 Å². The number of aromatic nitrogens is 1. The Morgan fingerprint density at radius 1 is 1.42 bits per heavy atom. The summed E-state index contributed by atoms with van der Waals surface area (Å²) in [5, 5.41) is 1.16. The van der Waals surface area contributed by atoms with Crippen molar-refractivity contribution in [1.82, 2.24) is 4.98 Å². The summed E-state index contributed by atoms with van der Waals surface area (Å²) in [5.41, 5.74) is 1.15. The van der Waals surface area contributed by atoms with Crippen LogP contribution in [0.1, 0.15) is 28.4 Å². The molecule has 1 aromatic rings. The van der Waals surface area contributed by atoms with E-state index in [1.807, 2.05) is 0 Å². The molecule has 1 aliphatic rings. The Hall–Kier alpha value is -0.890. The zero-order chi connectivity index (χ0) is 8.55. The molecule has 0 saturated heterocycles. The maximum atomic E-state index is 4.45. The highest BCUT2D eigenvalue weighted by molar-refractivity contribution is 7.11. The molecule has 0 radical (unpaired) electrons. The fraction of sp³-hybridized carbons (Fsp3) is 0.300. The average Bonchev–Trinajstić information content (AvgIpc) is 2.33. The molecular weight excluding hydrogens is 166 g/mol. The molecule has 0 spiro atoms. The molecule has 0 N–H and O–H groups in total. The van der Waals surface area contributed by atoms with Crippen molar-refractivity contribution in [2.24, 2.45) is 0 Å². The fourth-order valence-corrected chi connectivity index (χ4v) is 2.31. The molecule has 0 aromatic carbocycles. The van der Waals surface area contributed by atoms with E-state index in [4.69, 9.17) is 0 Å². The predicted molar refractivity (Wildman–Crippen MR) is 53.4 cm³/mol. The van der Waals surface area contributed by atoms with Crippen LogP contribution < -0.4 is 0 Å². The van der Waals surface area contributed by atoms with Crippen molar-refractivity contribution >= 4 is 17.4 Å². The third-order valence-electron chi connectivity index (χ3n) is 1.97. The molecule has 2 heteroatoms. The Balaban J connectivity index is 2.55. The van der Waals surface area contributed by atoms with Gasteiger partial charge in [0.1, 0.15) is 0 Å². The highest BCUT2D eigenvalue weighted by Gasteiger charge is 2.12. The SMILES string of the molecule is Cc1nc2c(s1)C(C)C=CC=C2. The van der Waals surface area contributed by atoms with Gasteiger partial charge < -0.3 is 0 Å². The fourth-order valence-electron chi connectivity index (χ4n) is 1.37. The van der Waals surface area contributed by atoms with E-state index in [0.717, 1.165) is 10.7 Å². The van der Waals surface area contributed by atoms with Crippen LogP contribution in [0.5, 0.6) is 0 Å². The number of fused-ring (bicyclic) bond motifs is 1. The lowest BCUT2D eigenvalue weighted by molar-refractivity contribution is 0.988. The molecule has 1 aliphatic carbocycles. The minimum absolute atomic E-state index is 0.515. The Morgan fingerprint density at radius 3 is 3.08 bits per heavy atom. The van der Waals surface area contributed by atoms with Crippen LogP contribution in [-0.2, 0) is 0 Å². The van der Waals surface area contributed by atoms with Gasteiger partial charge in [0.25, 0.3) is 0 Å². The minimum atomic E-state index is 0.515. The summed E-state index contributed by atoms with van der Waals surface area (Å²) in [6, 6.07) is 0. The Morgan fingerprint density at radius 2 is 2.25 bits per heavy atom. The van der Waals surface area contributed by atoms with Gasteiger partial charge in [-0.25, -0.2) is 4.98 Å². The van der Waals surface area contributed by atoms with E-state index in [9.17, 15) is 0 Å². The van der Waals surface area contributed by atoms with Gasteiger partial charge in [-0.1, -0.05) is 25.2 Å². The van der Waals surface area contributed by atoms with Gasteiger partial charge in [0.05, 0.1) is 10.7 Å². The van der Waals surface area contributed by atoms with E-state index in [0.29, 0.717) is 5.92 Å². The number of hydrogen-bond acceptors (Lipinski definition) is 2. The number of rotatable bonds is 0. The molecule has 62 valence electrons. The second-order valence-electron chi connectivity index (χ2n) is 3.02. The molecule has 1 nitrogen and oxygen atoms in total. The van der Waals surface area contributed by atoms with Crippen LogP contribution in [-0.4, -0.2) is 4.98 Å². The van der Waals surface area contributed by atoms with Crippen LogP contribution in [0.3, 0.4) is 0 Å². The Bertz CT molecular complexity index is 347. The van der Waals surface area contributed by atoms with Gasteiger partial charge in [0, 0.05) is 10.8 Å². The maximum Gasteiger partial charge on any atom is 0.0904 e. The van der Waals surface area contributed by atoms with Crippen LogP contribution in [0, 0.1) is 6.92 Å². The summed E-state index contributed by atoms with van der Waals surface area (Å²) in [5.74, 6) is 0.515. The molecular formula is C10H11NS. The van der Waals surface area contributed by atoms with Crippen LogP contribution in [0.25, 0.3) is 6.08 Å². The molecule has 2 rings (SSSR count). The zero-order valence-electron chi connectivity index (χ0n) is 7.24. The summed E-state index contributed by atoms with van der Waals surface area (Å²) in [6.45, 7) is 4.27. The first-order valence-corrected chi connectivity index (χ1v) is 4.91. The molecule has 1 aromatic heterocycles. The number of thiazole rings is 1. The van der Waals surface area contributed by atoms with Crippen molar-refractivity contribution in [3.63, 3.8) is 0 Å². The quantitative estimate of drug-likeness (QED) is 0.593. The van der Waals surface area contributed by atoms with Crippen molar-refractivity contribution in [3.8, 4) is 0 Å². The number of hydrogen-bond donors (Lipinski definition) is 0. The van der Waals surface area contributed by atoms with E-state index >= 15 is 0 Å². The molecule has 1 unspecified atom stereocenters. The molecule has 0 fully saturated rings. The number of allylic oxidation sites excluding steroid dienone is 3. The standard InChI is InChI=1S/C10H11NS/c1-7-5-3-4-6-9-10(7)12-8(2)11-9/h3-7H,1-2H3. The van der Waals surface area contributed by atoms with Crippen molar-refractivity contribution in [3.05, 3.63) is 33.8 Å². The average molecular weight is 177 g/mol. The molecule has 0 saturated carbocycles. The zero-order valence-corrected chi connectivity index (χ0v) is 8.06. The van der Waals surface area contributed by atoms with Crippen molar-refractivity contribution in [2.45, 2.75) is 19.8 Å². The topological polar surface area (TPSA) is 12.9 Å². The summed E-state index contributed by atoms with van der Waals surface area (Å²) in [7, 11) is 0. The normalized spacial score (nSPS) is 20.7. The molecule has 12 heavy (non-hydrogen) atoms. The van der Waals surface area contributed by atoms with Gasteiger partial charge in [0.15, 0.2) is 0 Å². The van der Waals surface area contributed by atoms with E-state index < -0.39 is 0 Å². The smallest absolute Gasteiger partial charge is 0.0904 e.